The van der Waals surface area contributed by atoms with Gasteiger partial charge in [-0.25, -0.2) is 8.42 Å². The van der Waals surface area contributed by atoms with E-state index in [0.29, 0.717) is 10.8 Å². The van der Waals surface area contributed by atoms with Gasteiger partial charge in [0.2, 0.25) is 15.9 Å². The third kappa shape index (κ3) is 4.09. The van der Waals surface area contributed by atoms with E-state index in [-0.39, 0.29) is 18.0 Å². The SMILES string of the molecule is CN(CC(=O)NCc1ccco1)S(=O)(=O)c1ccc(Cl)cc1. The summed E-state index contributed by atoms with van der Waals surface area (Å²) in [7, 11) is -2.39. The zero-order valence-corrected chi connectivity index (χ0v) is 13.4. The number of rotatable bonds is 6. The summed E-state index contributed by atoms with van der Waals surface area (Å²) >= 11 is 5.73. The van der Waals surface area contributed by atoms with Crippen molar-refractivity contribution in [3.8, 4) is 0 Å². The van der Waals surface area contributed by atoms with E-state index in [9.17, 15) is 13.2 Å². The molecule has 1 heterocycles. The van der Waals surface area contributed by atoms with Gasteiger partial charge in [0, 0.05) is 12.1 Å². The summed E-state index contributed by atoms with van der Waals surface area (Å²) in [5.41, 5.74) is 0. The van der Waals surface area contributed by atoms with Gasteiger partial charge in [-0.2, -0.15) is 4.31 Å². The minimum Gasteiger partial charge on any atom is -0.467 e. The van der Waals surface area contributed by atoms with Crippen molar-refractivity contribution in [2.45, 2.75) is 11.4 Å². The van der Waals surface area contributed by atoms with Crippen LogP contribution in [0.1, 0.15) is 5.76 Å². The van der Waals surface area contributed by atoms with Crippen LogP contribution in [-0.2, 0) is 21.4 Å². The Hall–Kier alpha value is -1.83. The molecular formula is C14H15ClN2O4S. The largest absolute Gasteiger partial charge is 0.467 e. The number of nitrogens with one attached hydrogen (secondary N) is 1. The van der Waals surface area contributed by atoms with Gasteiger partial charge in [-0.3, -0.25) is 4.79 Å². The minimum absolute atomic E-state index is 0.0817. The Balaban J connectivity index is 1.96. The van der Waals surface area contributed by atoms with E-state index in [1.54, 1.807) is 12.1 Å². The number of amides is 1. The molecule has 0 aliphatic carbocycles. The second-order valence-electron chi connectivity index (χ2n) is 4.57. The summed E-state index contributed by atoms with van der Waals surface area (Å²) in [4.78, 5) is 11.9. The Bertz CT molecular complexity index is 727. The molecule has 0 unspecified atom stereocenters. The van der Waals surface area contributed by atoms with E-state index in [0.717, 1.165) is 4.31 Å². The number of likely N-dealkylation sites (N-methyl/N-ethyl adjacent to an activating group) is 1. The Morgan fingerprint density at radius 2 is 1.95 bits per heavy atom. The van der Waals surface area contributed by atoms with Crippen molar-refractivity contribution in [2.24, 2.45) is 0 Å². The molecule has 0 aliphatic heterocycles. The van der Waals surface area contributed by atoms with Crippen LogP contribution in [0.15, 0.2) is 52.0 Å². The number of carbonyl (C=O) groups is 1. The number of furan rings is 1. The fourth-order valence-corrected chi connectivity index (χ4v) is 2.98. The fourth-order valence-electron chi connectivity index (χ4n) is 1.73. The van der Waals surface area contributed by atoms with Gasteiger partial charge in [0.25, 0.3) is 0 Å². The van der Waals surface area contributed by atoms with Gasteiger partial charge in [0.1, 0.15) is 5.76 Å². The van der Waals surface area contributed by atoms with Crippen LogP contribution >= 0.6 is 11.6 Å². The summed E-state index contributed by atoms with van der Waals surface area (Å²) in [5, 5.41) is 3.03. The van der Waals surface area contributed by atoms with Crippen molar-refractivity contribution >= 4 is 27.5 Å². The predicted molar refractivity (Wildman–Crippen MR) is 81.8 cm³/mol. The molecule has 1 N–H and O–H groups in total. The maximum absolute atomic E-state index is 12.3. The van der Waals surface area contributed by atoms with Gasteiger partial charge >= 0.3 is 0 Å². The summed E-state index contributed by atoms with van der Waals surface area (Å²) in [5.74, 6) is 0.174. The molecule has 1 aromatic carbocycles. The molecule has 0 saturated carbocycles. The average Bonchev–Trinajstić information content (AvgIpc) is 2.99. The molecule has 2 aromatic rings. The fraction of sp³-hybridized carbons (Fsp3) is 0.214. The Morgan fingerprint density at radius 1 is 1.27 bits per heavy atom. The second kappa shape index (κ2) is 6.95. The molecule has 2 rings (SSSR count). The molecular weight excluding hydrogens is 328 g/mol. The van der Waals surface area contributed by atoms with Crippen LogP contribution in [0.25, 0.3) is 0 Å². The van der Waals surface area contributed by atoms with E-state index in [4.69, 9.17) is 16.0 Å². The van der Waals surface area contributed by atoms with Crippen molar-refractivity contribution in [3.63, 3.8) is 0 Å². The zero-order chi connectivity index (χ0) is 16.2. The van der Waals surface area contributed by atoms with Crippen molar-refractivity contribution < 1.29 is 17.6 Å². The number of benzene rings is 1. The number of hydrogen-bond donors (Lipinski definition) is 1. The third-order valence-electron chi connectivity index (χ3n) is 2.93. The summed E-state index contributed by atoms with van der Waals surface area (Å²) in [6.45, 7) is -0.0770. The topological polar surface area (TPSA) is 79.6 Å². The number of sulfonamides is 1. The smallest absolute Gasteiger partial charge is 0.243 e. The molecule has 0 radical (unpaired) electrons. The molecule has 0 aliphatic rings. The van der Waals surface area contributed by atoms with Crippen molar-refractivity contribution in [1.82, 2.24) is 9.62 Å². The maximum Gasteiger partial charge on any atom is 0.243 e. The van der Waals surface area contributed by atoms with E-state index in [1.165, 1.54) is 37.6 Å². The Morgan fingerprint density at radius 3 is 2.55 bits per heavy atom. The molecule has 0 saturated heterocycles. The minimum atomic E-state index is -3.73. The molecule has 0 spiro atoms. The van der Waals surface area contributed by atoms with Gasteiger partial charge in [-0.1, -0.05) is 11.6 Å². The standard InChI is InChI=1S/C14H15ClN2O4S/c1-17(10-14(18)16-9-12-3-2-8-21-12)22(19,20)13-6-4-11(15)5-7-13/h2-8H,9-10H2,1H3,(H,16,18). The number of hydrogen-bond acceptors (Lipinski definition) is 4. The highest BCUT2D eigenvalue weighted by Crippen LogP contribution is 2.17. The lowest BCUT2D eigenvalue weighted by Gasteiger charge is -2.16. The van der Waals surface area contributed by atoms with Gasteiger partial charge in [-0.05, 0) is 36.4 Å². The first-order valence-corrected chi connectivity index (χ1v) is 8.22. The Labute approximate surface area is 133 Å². The molecule has 0 bridgehead atoms. The summed E-state index contributed by atoms with van der Waals surface area (Å²) in [6, 6.07) is 9.19. The first kappa shape index (κ1) is 16.5. The molecule has 1 aromatic heterocycles. The van der Waals surface area contributed by atoms with Gasteiger partial charge < -0.3 is 9.73 Å². The number of nitrogens with zero attached hydrogens (tertiary/aromatic N) is 1. The Kier molecular flexibility index (Phi) is 5.23. The van der Waals surface area contributed by atoms with Crippen LogP contribution in [0.5, 0.6) is 0 Å². The van der Waals surface area contributed by atoms with Gasteiger partial charge in [0.05, 0.1) is 24.2 Å². The third-order valence-corrected chi connectivity index (χ3v) is 5.00. The predicted octanol–water partition coefficient (Wildman–Crippen LogP) is 1.87. The molecule has 0 atom stereocenters. The van der Waals surface area contributed by atoms with Crippen molar-refractivity contribution in [2.75, 3.05) is 13.6 Å². The van der Waals surface area contributed by atoms with Crippen LogP contribution in [0.4, 0.5) is 0 Å². The quantitative estimate of drug-likeness (QED) is 0.869. The van der Waals surface area contributed by atoms with E-state index < -0.39 is 15.9 Å². The number of halogens is 1. The molecule has 8 heteroatoms. The highest BCUT2D eigenvalue weighted by Gasteiger charge is 2.22. The van der Waals surface area contributed by atoms with E-state index >= 15 is 0 Å². The highest BCUT2D eigenvalue weighted by molar-refractivity contribution is 7.89. The van der Waals surface area contributed by atoms with Crippen molar-refractivity contribution in [3.05, 3.63) is 53.4 Å². The molecule has 22 heavy (non-hydrogen) atoms. The van der Waals surface area contributed by atoms with Gasteiger partial charge in [0.15, 0.2) is 0 Å². The monoisotopic (exact) mass is 342 g/mol. The highest BCUT2D eigenvalue weighted by atomic mass is 35.5. The van der Waals surface area contributed by atoms with E-state index in [2.05, 4.69) is 5.32 Å². The lowest BCUT2D eigenvalue weighted by Crippen LogP contribution is -2.38. The molecule has 1 amide bonds. The first-order chi connectivity index (χ1) is 10.4. The van der Waals surface area contributed by atoms with Crippen LogP contribution in [0.2, 0.25) is 5.02 Å². The lowest BCUT2D eigenvalue weighted by molar-refractivity contribution is -0.121. The van der Waals surface area contributed by atoms with Crippen LogP contribution in [0.3, 0.4) is 0 Å². The second-order valence-corrected chi connectivity index (χ2v) is 7.05. The summed E-state index contributed by atoms with van der Waals surface area (Å²) < 4.78 is 30.6. The normalized spacial score (nSPS) is 11.6. The molecule has 0 fully saturated rings. The summed E-state index contributed by atoms with van der Waals surface area (Å²) in [6.07, 6.45) is 1.50. The van der Waals surface area contributed by atoms with Crippen molar-refractivity contribution in [1.29, 1.82) is 0 Å². The zero-order valence-electron chi connectivity index (χ0n) is 11.8. The average molecular weight is 343 g/mol. The van der Waals surface area contributed by atoms with Gasteiger partial charge in [-0.15, -0.1) is 0 Å². The first-order valence-electron chi connectivity index (χ1n) is 6.40. The molecule has 118 valence electrons. The van der Waals surface area contributed by atoms with Crippen LogP contribution < -0.4 is 5.32 Å². The van der Waals surface area contributed by atoms with Crippen LogP contribution in [-0.4, -0.2) is 32.2 Å². The lowest BCUT2D eigenvalue weighted by atomic mass is 10.4. The number of carbonyl (C=O) groups excluding carboxylic acids is 1. The van der Waals surface area contributed by atoms with Crippen LogP contribution in [0, 0.1) is 0 Å². The molecule has 6 nitrogen and oxygen atoms in total. The van der Waals surface area contributed by atoms with E-state index in [1.807, 2.05) is 0 Å². The maximum atomic E-state index is 12.3.